The highest BCUT2D eigenvalue weighted by molar-refractivity contribution is 5.92. The van der Waals surface area contributed by atoms with Crippen LogP contribution in [-0.4, -0.2) is 27.4 Å². The number of amides is 1. The van der Waals surface area contributed by atoms with Gasteiger partial charge in [0.05, 0.1) is 0 Å². The fraction of sp³-hybridized carbons (Fsp3) is 0.286. The van der Waals surface area contributed by atoms with Crippen LogP contribution in [0.5, 0.6) is 0 Å². The Morgan fingerprint density at radius 2 is 2.20 bits per heavy atom. The summed E-state index contributed by atoms with van der Waals surface area (Å²) in [4.78, 5) is 24.1. The second kappa shape index (κ2) is 7.18. The number of nitrogens with one attached hydrogen (secondary N) is 2. The predicted molar refractivity (Wildman–Crippen MR) is 76.2 cm³/mol. The molecule has 0 saturated carbocycles. The van der Waals surface area contributed by atoms with E-state index in [-0.39, 0.29) is 5.91 Å². The molecule has 0 atom stereocenters. The van der Waals surface area contributed by atoms with Gasteiger partial charge in [0.1, 0.15) is 5.69 Å². The molecule has 0 aliphatic rings. The second-order valence-corrected chi connectivity index (χ2v) is 4.24. The quantitative estimate of drug-likeness (QED) is 0.834. The third kappa shape index (κ3) is 4.01. The highest BCUT2D eigenvalue weighted by atomic mass is 16.1. The lowest BCUT2D eigenvalue weighted by atomic mass is 10.3. The first-order valence-corrected chi connectivity index (χ1v) is 6.53. The second-order valence-electron chi connectivity index (χ2n) is 4.24. The van der Waals surface area contributed by atoms with E-state index in [1.54, 1.807) is 24.7 Å². The van der Waals surface area contributed by atoms with Crippen molar-refractivity contribution in [2.75, 3.05) is 11.9 Å². The first-order chi connectivity index (χ1) is 9.79. The molecule has 20 heavy (non-hydrogen) atoms. The van der Waals surface area contributed by atoms with Crippen LogP contribution in [0.1, 0.15) is 29.4 Å². The monoisotopic (exact) mass is 271 g/mol. The normalized spacial score (nSPS) is 10.1. The van der Waals surface area contributed by atoms with Gasteiger partial charge in [-0.25, -0.2) is 9.97 Å². The number of hydrogen-bond donors (Lipinski definition) is 2. The van der Waals surface area contributed by atoms with Crippen molar-refractivity contribution in [3.63, 3.8) is 0 Å². The van der Waals surface area contributed by atoms with E-state index < -0.39 is 0 Å². The van der Waals surface area contributed by atoms with E-state index in [0.29, 0.717) is 24.7 Å². The molecule has 2 aromatic rings. The summed E-state index contributed by atoms with van der Waals surface area (Å²) in [5, 5.41) is 5.85. The van der Waals surface area contributed by atoms with E-state index in [0.717, 1.165) is 12.0 Å². The van der Waals surface area contributed by atoms with E-state index in [2.05, 4.69) is 25.6 Å². The van der Waals surface area contributed by atoms with Crippen molar-refractivity contribution in [1.29, 1.82) is 0 Å². The highest BCUT2D eigenvalue weighted by Crippen LogP contribution is 2.04. The van der Waals surface area contributed by atoms with Gasteiger partial charge in [-0.05, 0) is 24.1 Å². The summed E-state index contributed by atoms with van der Waals surface area (Å²) in [7, 11) is 0. The molecule has 2 rings (SSSR count). The van der Waals surface area contributed by atoms with E-state index in [4.69, 9.17) is 0 Å². The Morgan fingerprint density at radius 3 is 2.95 bits per heavy atom. The van der Waals surface area contributed by atoms with Gasteiger partial charge < -0.3 is 10.6 Å². The Labute approximate surface area is 117 Å². The molecule has 0 fully saturated rings. The van der Waals surface area contributed by atoms with Crippen molar-refractivity contribution in [3.05, 3.63) is 48.0 Å². The maximum absolute atomic E-state index is 11.8. The molecule has 2 heterocycles. The number of rotatable bonds is 6. The number of nitrogens with zero attached hydrogens (tertiary/aromatic N) is 3. The summed E-state index contributed by atoms with van der Waals surface area (Å²) in [5.74, 6) is 0.247. The van der Waals surface area contributed by atoms with Gasteiger partial charge in [-0.15, -0.1) is 0 Å². The molecule has 0 saturated heterocycles. The molecule has 0 aliphatic carbocycles. The van der Waals surface area contributed by atoms with Crippen LogP contribution >= 0.6 is 0 Å². The molecular formula is C14H17N5O. The van der Waals surface area contributed by atoms with Crippen molar-refractivity contribution in [3.8, 4) is 0 Å². The van der Waals surface area contributed by atoms with Gasteiger partial charge in [-0.2, -0.15) is 0 Å². The van der Waals surface area contributed by atoms with Crippen LogP contribution in [0.3, 0.4) is 0 Å². The minimum Gasteiger partial charge on any atom is -0.351 e. The van der Waals surface area contributed by atoms with Crippen LogP contribution in [0.4, 0.5) is 5.95 Å². The lowest BCUT2D eigenvalue weighted by Crippen LogP contribution is -2.25. The topological polar surface area (TPSA) is 79.8 Å². The molecule has 0 aliphatic heterocycles. The zero-order chi connectivity index (χ0) is 14.2. The molecule has 2 aromatic heterocycles. The smallest absolute Gasteiger partial charge is 0.270 e. The van der Waals surface area contributed by atoms with Crippen molar-refractivity contribution in [2.24, 2.45) is 0 Å². The summed E-state index contributed by atoms with van der Waals surface area (Å²) in [6, 6.07) is 5.42. The van der Waals surface area contributed by atoms with Crippen LogP contribution < -0.4 is 10.6 Å². The molecule has 6 heteroatoms. The van der Waals surface area contributed by atoms with E-state index in [1.165, 1.54) is 0 Å². The van der Waals surface area contributed by atoms with Crippen molar-refractivity contribution in [1.82, 2.24) is 20.3 Å². The fourth-order valence-electron chi connectivity index (χ4n) is 1.58. The van der Waals surface area contributed by atoms with Crippen LogP contribution in [0.2, 0.25) is 0 Å². The molecule has 0 bridgehead atoms. The third-order valence-corrected chi connectivity index (χ3v) is 2.60. The number of hydrogen-bond acceptors (Lipinski definition) is 5. The molecule has 104 valence electrons. The van der Waals surface area contributed by atoms with Crippen LogP contribution in [0.15, 0.2) is 36.8 Å². The first-order valence-electron chi connectivity index (χ1n) is 6.53. The van der Waals surface area contributed by atoms with Crippen molar-refractivity contribution in [2.45, 2.75) is 19.9 Å². The number of anilines is 1. The van der Waals surface area contributed by atoms with E-state index in [9.17, 15) is 4.79 Å². The number of carbonyl (C=O) groups excluding carboxylic acids is 1. The molecule has 2 N–H and O–H groups in total. The van der Waals surface area contributed by atoms with Crippen LogP contribution in [-0.2, 0) is 6.54 Å². The third-order valence-electron chi connectivity index (χ3n) is 2.60. The summed E-state index contributed by atoms with van der Waals surface area (Å²) in [6.07, 6.45) is 5.95. The number of pyridine rings is 1. The SMILES string of the molecule is CCCNC(=O)c1ccnc(NCc2cccnc2)n1. The minimum absolute atomic E-state index is 0.182. The van der Waals surface area contributed by atoms with Gasteiger partial charge in [0, 0.05) is 31.7 Å². The number of aromatic nitrogens is 3. The van der Waals surface area contributed by atoms with Gasteiger partial charge in [0.25, 0.3) is 5.91 Å². The van der Waals surface area contributed by atoms with Gasteiger partial charge in [-0.1, -0.05) is 13.0 Å². The maximum Gasteiger partial charge on any atom is 0.270 e. The molecule has 1 amide bonds. The Hall–Kier alpha value is -2.50. The predicted octanol–water partition coefficient (Wildman–Crippen LogP) is 1.62. The van der Waals surface area contributed by atoms with Gasteiger partial charge in [0.2, 0.25) is 5.95 Å². The van der Waals surface area contributed by atoms with Gasteiger partial charge in [0.15, 0.2) is 0 Å². The maximum atomic E-state index is 11.8. The zero-order valence-corrected chi connectivity index (χ0v) is 11.3. The minimum atomic E-state index is -0.182. The molecular weight excluding hydrogens is 254 g/mol. The Bertz CT molecular complexity index is 559. The average molecular weight is 271 g/mol. The largest absolute Gasteiger partial charge is 0.351 e. The Balaban J connectivity index is 1.97. The van der Waals surface area contributed by atoms with Gasteiger partial charge >= 0.3 is 0 Å². The summed E-state index contributed by atoms with van der Waals surface area (Å²) in [5.41, 5.74) is 1.39. The average Bonchev–Trinajstić information content (AvgIpc) is 2.52. The van der Waals surface area contributed by atoms with Crippen molar-refractivity contribution >= 4 is 11.9 Å². The van der Waals surface area contributed by atoms with E-state index in [1.807, 2.05) is 19.1 Å². The molecule has 6 nitrogen and oxygen atoms in total. The fourth-order valence-corrected chi connectivity index (χ4v) is 1.58. The molecule has 0 spiro atoms. The van der Waals surface area contributed by atoms with Crippen molar-refractivity contribution < 1.29 is 4.79 Å². The molecule has 0 unspecified atom stereocenters. The Morgan fingerprint density at radius 1 is 1.30 bits per heavy atom. The standard InChI is InChI=1S/C14H17N5O/c1-2-6-16-13(20)12-5-8-17-14(19-12)18-10-11-4-3-7-15-9-11/h3-5,7-9H,2,6,10H2,1H3,(H,16,20)(H,17,18,19). The van der Waals surface area contributed by atoms with Gasteiger partial charge in [-0.3, -0.25) is 9.78 Å². The van der Waals surface area contributed by atoms with E-state index >= 15 is 0 Å². The summed E-state index contributed by atoms with van der Waals surface area (Å²) >= 11 is 0. The molecule has 0 radical (unpaired) electrons. The zero-order valence-electron chi connectivity index (χ0n) is 11.3. The highest BCUT2D eigenvalue weighted by Gasteiger charge is 2.07. The lowest BCUT2D eigenvalue weighted by molar-refractivity contribution is 0.0948. The van der Waals surface area contributed by atoms with Crippen LogP contribution in [0, 0.1) is 0 Å². The number of carbonyl (C=O) groups is 1. The summed E-state index contributed by atoms with van der Waals surface area (Å²) < 4.78 is 0. The lowest BCUT2D eigenvalue weighted by Gasteiger charge is -2.06. The first kappa shape index (κ1) is 13.9. The van der Waals surface area contributed by atoms with Crippen LogP contribution in [0.25, 0.3) is 0 Å². The Kier molecular flexibility index (Phi) is 5.00. The molecule has 0 aromatic carbocycles. The summed E-state index contributed by atoms with van der Waals surface area (Å²) in [6.45, 7) is 3.20.